The van der Waals surface area contributed by atoms with Gasteiger partial charge in [0, 0.05) is 6.54 Å². The molecule has 1 saturated heterocycles. The van der Waals surface area contributed by atoms with Crippen LogP contribution in [-0.4, -0.2) is 41.2 Å². The van der Waals surface area contributed by atoms with Crippen LogP contribution < -0.4 is 5.32 Å². The number of carbonyl (C=O) groups is 1. The highest BCUT2D eigenvalue weighted by atomic mass is 32.2. The summed E-state index contributed by atoms with van der Waals surface area (Å²) in [6.45, 7) is 6.28. The van der Waals surface area contributed by atoms with Gasteiger partial charge in [-0.1, -0.05) is 50.1 Å². The summed E-state index contributed by atoms with van der Waals surface area (Å²) in [4.78, 5) is 21.6. The van der Waals surface area contributed by atoms with Crippen LogP contribution in [0.2, 0.25) is 0 Å². The van der Waals surface area contributed by atoms with Crippen molar-refractivity contribution in [3.05, 3.63) is 59.9 Å². The third-order valence-corrected chi connectivity index (χ3v) is 7.97. The summed E-state index contributed by atoms with van der Waals surface area (Å²) in [5.41, 5.74) is 2.73. The highest BCUT2D eigenvalue weighted by Gasteiger charge is 2.38. The zero-order chi connectivity index (χ0) is 22.9. The number of rotatable bonds is 6. The molecule has 0 bridgehead atoms. The van der Waals surface area contributed by atoms with E-state index in [2.05, 4.69) is 15.3 Å². The lowest BCUT2D eigenvalue weighted by atomic mass is 10.0. The maximum atomic E-state index is 13.4. The Morgan fingerprint density at radius 2 is 1.84 bits per heavy atom. The highest BCUT2D eigenvalue weighted by molar-refractivity contribution is 7.89. The lowest BCUT2D eigenvalue weighted by molar-refractivity contribution is -0.126. The number of aromatic nitrogens is 2. The van der Waals surface area contributed by atoms with E-state index < -0.39 is 16.1 Å². The van der Waals surface area contributed by atoms with Gasteiger partial charge in [0.05, 0.1) is 22.0 Å². The van der Waals surface area contributed by atoms with Crippen molar-refractivity contribution in [1.29, 1.82) is 0 Å². The van der Waals surface area contributed by atoms with Crippen molar-refractivity contribution in [3.63, 3.8) is 0 Å². The molecule has 0 spiro atoms. The average Bonchev–Trinajstić information content (AvgIpc) is 3.21. The number of sulfonamides is 1. The van der Waals surface area contributed by atoms with Gasteiger partial charge in [-0.15, -0.1) is 0 Å². The molecule has 7 nitrogen and oxygen atoms in total. The molecule has 2 heterocycles. The van der Waals surface area contributed by atoms with E-state index >= 15 is 0 Å². The molecule has 0 unspecified atom stereocenters. The van der Waals surface area contributed by atoms with Crippen molar-refractivity contribution in [2.75, 3.05) is 6.54 Å². The van der Waals surface area contributed by atoms with Crippen molar-refractivity contribution in [3.8, 4) is 0 Å². The molecule has 1 aliphatic heterocycles. The summed E-state index contributed by atoms with van der Waals surface area (Å²) in [7, 11) is -3.77. The normalized spacial score (nSPS) is 18.7. The molecular weight excluding hydrogens is 424 g/mol. The van der Waals surface area contributed by atoms with Crippen molar-refractivity contribution in [2.24, 2.45) is 5.92 Å². The summed E-state index contributed by atoms with van der Waals surface area (Å²) < 4.78 is 28.1. The van der Waals surface area contributed by atoms with Gasteiger partial charge in [0.2, 0.25) is 15.9 Å². The van der Waals surface area contributed by atoms with E-state index in [1.807, 2.05) is 45.0 Å². The molecule has 0 aliphatic carbocycles. The van der Waals surface area contributed by atoms with Crippen LogP contribution in [0.15, 0.2) is 53.4 Å². The zero-order valence-corrected chi connectivity index (χ0v) is 19.5. The molecule has 0 saturated carbocycles. The van der Waals surface area contributed by atoms with Crippen LogP contribution >= 0.6 is 0 Å². The number of para-hydroxylation sites is 2. The van der Waals surface area contributed by atoms with E-state index in [9.17, 15) is 13.2 Å². The van der Waals surface area contributed by atoms with E-state index in [1.54, 1.807) is 24.3 Å². The number of carbonyl (C=O) groups excluding carboxylic acids is 1. The van der Waals surface area contributed by atoms with E-state index in [0.29, 0.717) is 18.8 Å². The van der Waals surface area contributed by atoms with Gasteiger partial charge in [0.25, 0.3) is 0 Å². The fraction of sp³-hybridized carbons (Fsp3) is 0.417. The molecule has 8 heteroatoms. The number of hydrogen-bond donors (Lipinski definition) is 2. The fourth-order valence-corrected chi connectivity index (χ4v) is 5.88. The Bertz CT molecular complexity index is 1170. The standard InChI is InChI=1S/C24H30N4O3S/c1-16(2)22(23-25-19-8-4-5-9-20(19)26-23)27-24(29)21-10-6-7-15-28(21)32(30,31)18-13-11-17(3)12-14-18/h4-5,8-9,11-14,16,21-22H,6-7,10,15H2,1-3H3,(H,25,26)(H,27,29)/t21-,22-/m1/s1. The Kier molecular flexibility index (Phi) is 6.35. The Morgan fingerprint density at radius 1 is 1.12 bits per heavy atom. The number of hydrogen-bond acceptors (Lipinski definition) is 4. The van der Waals surface area contributed by atoms with Gasteiger partial charge in [0.15, 0.2) is 0 Å². The number of imidazole rings is 1. The number of piperidine rings is 1. The first-order chi connectivity index (χ1) is 15.3. The topological polar surface area (TPSA) is 95.2 Å². The lowest BCUT2D eigenvalue weighted by Gasteiger charge is -2.35. The Hall–Kier alpha value is -2.71. The van der Waals surface area contributed by atoms with Crippen molar-refractivity contribution in [1.82, 2.24) is 19.6 Å². The number of nitrogens with one attached hydrogen (secondary N) is 2. The number of fused-ring (bicyclic) bond motifs is 1. The van der Waals surface area contributed by atoms with E-state index in [0.717, 1.165) is 29.4 Å². The quantitative estimate of drug-likeness (QED) is 0.590. The van der Waals surface area contributed by atoms with E-state index in [1.165, 1.54) is 4.31 Å². The van der Waals surface area contributed by atoms with E-state index in [4.69, 9.17) is 0 Å². The minimum atomic E-state index is -3.77. The van der Waals surface area contributed by atoms with Crippen molar-refractivity contribution in [2.45, 2.75) is 57.0 Å². The summed E-state index contributed by atoms with van der Waals surface area (Å²) in [5.74, 6) is 0.475. The molecule has 1 aliphatic rings. The molecule has 1 fully saturated rings. The fourth-order valence-electron chi connectivity index (χ4n) is 4.22. The number of aryl methyl sites for hydroxylation is 1. The average molecular weight is 455 g/mol. The van der Waals surface area contributed by atoms with Gasteiger partial charge in [-0.3, -0.25) is 4.79 Å². The molecule has 170 valence electrons. The van der Waals surface area contributed by atoms with Gasteiger partial charge in [-0.2, -0.15) is 4.31 Å². The van der Waals surface area contributed by atoms with Gasteiger partial charge in [-0.05, 0) is 49.9 Å². The molecule has 1 amide bonds. The largest absolute Gasteiger partial charge is 0.344 e. The minimum absolute atomic E-state index is 0.0743. The Labute approximate surface area is 189 Å². The molecule has 2 N–H and O–H groups in total. The maximum absolute atomic E-state index is 13.4. The van der Waals surface area contributed by atoms with Crippen LogP contribution in [0, 0.1) is 12.8 Å². The highest BCUT2D eigenvalue weighted by Crippen LogP contribution is 2.28. The van der Waals surface area contributed by atoms with Gasteiger partial charge < -0.3 is 10.3 Å². The molecular formula is C24H30N4O3S. The summed E-state index contributed by atoms with van der Waals surface area (Å²) in [6, 6.07) is 13.4. The maximum Gasteiger partial charge on any atom is 0.243 e. The van der Waals surface area contributed by atoms with Crippen LogP contribution in [-0.2, 0) is 14.8 Å². The Balaban J connectivity index is 1.60. The number of H-pyrrole nitrogens is 1. The number of nitrogens with zero attached hydrogens (tertiary/aromatic N) is 2. The Morgan fingerprint density at radius 3 is 2.53 bits per heavy atom. The third kappa shape index (κ3) is 4.42. The summed E-state index contributed by atoms with van der Waals surface area (Å²) in [6.07, 6.45) is 2.06. The lowest BCUT2D eigenvalue weighted by Crippen LogP contribution is -2.52. The summed E-state index contributed by atoms with van der Waals surface area (Å²) in [5, 5.41) is 3.09. The van der Waals surface area contributed by atoms with Crippen LogP contribution in [0.1, 0.15) is 50.5 Å². The zero-order valence-electron chi connectivity index (χ0n) is 18.7. The van der Waals surface area contributed by atoms with Gasteiger partial charge in [0.1, 0.15) is 11.9 Å². The molecule has 2 atom stereocenters. The second-order valence-electron chi connectivity index (χ2n) is 8.81. The number of amides is 1. The molecule has 32 heavy (non-hydrogen) atoms. The summed E-state index contributed by atoms with van der Waals surface area (Å²) >= 11 is 0. The second kappa shape index (κ2) is 9.03. The van der Waals surface area contributed by atoms with Crippen molar-refractivity contribution >= 4 is 27.0 Å². The smallest absolute Gasteiger partial charge is 0.243 e. The number of benzene rings is 2. The van der Waals surface area contributed by atoms with Crippen molar-refractivity contribution < 1.29 is 13.2 Å². The molecule has 1 aromatic heterocycles. The second-order valence-corrected chi connectivity index (χ2v) is 10.7. The van der Waals surface area contributed by atoms with Crippen LogP contribution in [0.4, 0.5) is 0 Å². The van der Waals surface area contributed by atoms with Crippen LogP contribution in [0.3, 0.4) is 0 Å². The molecule has 0 radical (unpaired) electrons. The third-order valence-electron chi connectivity index (χ3n) is 6.05. The van der Waals surface area contributed by atoms with Crippen LogP contribution in [0.5, 0.6) is 0 Å². The minimum Gasteiger partial charge on any atom is -0.344 e. The van der Waals surface area contributed by atoms with Crippen LogP contribution in [0.25, 0.3) is 11.0 Å². The number of aromatic amines is 1. The first-order valence-electron chi connectivity index (χ1n) is 11.1. The first kappa shape index (κ1) is 22.5. The predicted octanol–water partition coefficient (Wildman–Crippen LogP) is 3.93. The van der Waals surface area contributed by atoms with Gasteiger partial charge >= 0.3 is 0 Å². The van der Waals surface area contributed by atoms with E-state index in [-0.39, 0.29) is 22.8 Å². The molecule has 4 rings (SSSR count). The van der Waals surface area contributed by atoms with Gasteiger partial charge in [-0.25, -0.2) is 13.4 Å². The first-order valence-corrected chi connectivity index (χ1v) is 12.5. The molecule has 2 aromatic carbocycles. The monoisotopic (exact) mass is 454 g/mol. The predicted molar refractivity (Wildman–Crippen MR) is 125 cm³/mol. The molecule has 3 aromatic rings. The SMILES string of the molecule is Cc1ccc(S(=O)(=O)N2CCCC[C@@H]2C(=O)N[C@@H](c2nc3ccccc3[nH]2)C(C)C)cc1.